The molecule has 2 heterocycles. The minimum Gasteiger partial charge on any atom is -0.406 e. The fraction of sp³-hybridized carbons (Fsp3) is 0.409. The van der Waals surface area contributed by atoms with E-state index >= 15 is 0 Å². The number of alkyl halides is 3. The number of amides is 3. The summed E-state index contributed by atoms with van der Waals surface area (Å²) in [6, 6.07) is 7.99. The second-order valence-corrected chi connectivity index (χ2v) is 7.83. The number of urea groups is 1. The summed E-state index contributed by atoms with van der Waals surface area (Å²) < 4.78 is 40.8. The molecular weight excluding hydrogens is 411 g/mol. The Morgan fingerprint density at radius 1 is 1.03 bits per heavy atom. The van der Waals surface area contributed by atoms with E-state index in [0.717, 1.165) is 41.1 Å². The molecule has 0 spiro atoms. The molecule has 2 aromatic rings. The van der Waals surface area contributed by atoms with Crippen molar-refractivity contribution in [2.45, 2.75) is 50.9 Å². The Morgan fingerprint density at radius 3 is 2.42 bits per heavy atom. The lowest BCUT2D eigenvalue weighted by Gasteiger charge is -2.22. The number of pyridine rings is 1. The van der Waals surface area contributed by atoms with Crippen LogP contribution in [-0.2, 0) is 11.3 Å². The molecule has 1 saturated carbocycles. The standard InChI is InChI=1S/C22H22F3N3O3/c23-22(24,25)31-18-8-6-17(7-9-18)28-20(29)14-27(21(28)30)13-15-10-11-26-19(12-15)16-4-2-1-3-5-16/h6-12,16H,1-5,13-14H2. The summed E-state index contributed by atoms with van der Waals surface area (Å²) in [5.41, 5.74) is 2.12. The van der Waals surface area contributed by atoms with Crippen LogP contribution in [0.3, 0.4) is 0 Å². The van der Waals surface area contributed by atoms with Gasteiger partial charge in [0.2, 0.25) is 0 Å². The minimum atomic E-state index is -4.81. The molecule has 1 aliphatic carbocycles. The van der Waals surface area contributed by atoms with Crippen LogP contribution in [0, 0.1) is 0 Å². The quantitative estimate of drug-likeness (QED) is 0.623. The van der Waals surface area contributed by atoms with Gasteiger partial charge in [-0.25, -0.2) is 9.69 Å². The molecule has 0 unspecified atom stereocenters. The largest absolute Gasteiger partial charge is 0.573 e. The number of anilines is 1. The molecule has 1 aromatic carbocycles. The van der Waals surface area contributed by atoms with Gasteiger partial charge in [-0.1, -0.05) is 19.3 Å². The maximum Gasteiger partial charge on any atom is 0.573 e. The van der Waals surface area contributed by atoms with Crippen LogP contribution in [0.15, 0.2) is 42.6 Å². The van der Waals surface area contributed by atoms with E-state index in [0.29, 0.717) is 5.92 Å². The van der Waals surface area contributed by atoms with E-state index in [-0.39, 0.29) is 18.8 Å². The molecular formula is C22H22F3N3O3. The van der Waals surface area contributed by atoms with Gasteiger partial charge in [-0.15, -0.1) is 13.2 Å². The second kappa shape index (κ2) is 8.56. The van der Waals surface area contributed by atoms with Crippen molar-refractivity contribution in [2.75, 3.05) is 11.4 Å². The molecule has 0 bridgehead atoms. The fourth-order valence-corrected chi connectivity index (χ4v) is 4.16. The van der Waals surface area contributed by atoms with Crippen LogP contribution in [0.2, 0.25) is 0 Å². The highest BCUT2D eigenvalue weighted by Crippen LogP contribution is 2.32. The number of ether oxygens (including phenoxy) is 1. The topological polar surface area (TPSA) is 62.7 Å². The number of nitrogens with zero attached hydrogens (tertiary/aromatic N) is 3. The van der Waals surface area contributed by atoms with E-state index in [1.54, 1.807) is 6.20 Å². The lowest BCUT2D eigenvalue weighted by atomic mass is 9.86. The molecule has 0 N–H and O–H groups in total. The summed E-state index contributed by atoms with van der Waals surface area (Å²) in [5.74, 6) is -0.422. The Kier molecular flexibility index (Phi) is 5.84. The molecule has 0 atom stereocenters. The normalized spacial score (nSPS) is 18.0. The van der Waals surface area contributed by atoms with Crippen LogP contribution in [0.25, 0.3) is 0 Å². The predicted molar refractivity (Wildman–Crippen MR) is 106 cm³/mol. The Bertz CT molecular complexity index is 956. The first-order valence-electron chi connectivity index (χ1n) is 10.2. The second-order valence-electron chi connectivity index (χ2n) is 7.83. The number of imide groups is 1. The van der Waals surface area contributed by atoms with E-state index < -0.39 is 24.1 Å². The van der Waals surface area contributed by atoms with Gasteiger partial charge >= 0.3 is 12.4 Å². The van der Waals surface area contributed by atoms with Crippen molar-refractivity contribution in [2.24, 2.45) is 0 Å². The van der Waals surface area contributed by atoms with Gasteiger partial charge < -0.3 is 9.64 Å². The maximum atomic E-state index is 12.8. The molecule has 1 aromatic heterocycles. The van der Waals surface area contributed by atoms with Crippen molar-refractivity contribution in [3.05, 3.63) is 53.9 Å². The van der Waals surface area contributed by atoms with Crippen molar-refractivity contribution < 1.29 is 27.5 Å². The number of aromatic nitrogens is 1. The number of hydrogen-bond donors (Lipinski definition) is 0. The average molecular weight is 433 g/mol. The summed E-state index contributed by atoms with van der Waals surface area (Å²) in [7, 11) is 0. The van der Waals surface area contributed by atoms with Crippen LogP contribution in [0.5, 0.6) is 5.75 Å². The zero-order chi connectivity index (χ0) is 22.0. The van der Waals surface area contributed by atoms with Gasteiger partial charge in [0.25, 0.3) is 5.91 Å². The van der Waals surface area contributed by atoms with Crippen LogP contribution in [0.1, 0.15) is 49.3 Å². The fourth-order valence-electron chi connectivity index (χ4n) is 4.16. The van der Waals surface area contributed by atoms with Gasteiger partial charge in [-0.2, -0.15) is 0 Å². The highest BCUT2D eigenvalue weighted by atomic mass is 19.4. The number of rotatable bonds is 5. The number of hydrogen-bond acceptors (Lipinski definition) is 4. The lowest BCUT2D eigenvalue weighted by molar-refractivity contribution is -0.274. The molecule has 31 heavy (non-hydrogen) atoms. The summed E-state index contributed by atoms with van der Waals surface area (Å²) in [6.45, 7) is 0.166. The van der Waals surface area contributed by atoms with E-state index in [9.17, 15) is 22.8 Å². The third-order valence-electron chi connectivity index (χ3n) is 5.61. The van der Waals surface area contributed by atoms with Gasteiger partial charge in [0.05, 0.1) is 5.69 Å². The monoisotopic (exact) mass is 433 g/mol. The zero-order valence-corrected chi connectivity index (χ0v) is 16.8. The molecule has 1 saturated heterocycles. The Morgan fingerprint density at radius 2 is 1.74 bits per heavy atom. The summed E-state index contributed by atoms with van der Waals surface area (Å²) >= 11 is 0. The Balaban J connectivity index is 1.45. The molecule has 1 aliphatic heterocycles. The Hall–Kier alpha value is -3.10. The van der Waals surface area contributed by atoms with E-state index in [4.69, 9.17) is 0 Å². The molecule has 3 amide bonds. The van der Waals surface area contributed by atoms with Crippen molar-refractivity contribution in [1.29, 1.82) is 0 Å². The first-order valence-corrected chi connectivity index (χ1v) is 10.2. The zero-order valence-electron chi connectivity index (χ0n) is 16.8. The first kappa shape index (κ1) is 21.1. The summed E-state index contributed by atoms with van der Waals surface area (Å²) in [4.78, 5) is 32.2. The third-order valence-corrected chi connectivity index (χ3v) is 5.61. The number of halogens is 3. The highest BCUT2D eigenvalue weighted by Gasteiger charge is 2.37. The highest BCUT2D eigenvalue weighted by molar-refractivity contribution is 6.19. The maximum absolute atomic E-state index is 12.8. The molecule has 2 fully saturated rings. The SMILES string of the molecule is O=C1CN(Cc2ccnc(C3CCCCC3)c2)C(=O)N1c1ccc(OC(F)(F)F)cc1. The number of benzene rings is 1. The first-order chi connectivity index (χ1) is 14.8. The average Bonchev–Trinajstić information content (AvgIpc) is 3.01. The van der Waals surface area contributed by atoms with Crippen LogP contribution in [-0.4, -0.2) is 34.7 Å². The molecule has 2 aliphatic rings. The van der Waals surface area contributed by atoms with Crippen molar-refractivity contribution in [1.82, 2.24) is 9.88 Å². The predicted octanol–water partition coefficient (Wildman–Crippen LogP) is 5.00. The van der Waals surface area contributed by atoms with Gasteiger partial charge in [0.1, 0.15) is 12.3 Å². The van der Waals surface area contributed by atoms with Crippen molar-refractivity contribution in [3.63, 3.8) is 0 Å². The molecule has 9 heteroatoms. The molecule has 164 valence electrons. The molecule has 0 radical (unpaired) electrons. The van der Waals surface area contributed by atoms with Gasteiger partial charge in [-0.05, 0) is 54.8 Å². The number of carbonyl (C=O) groups is 2. The Labute approximate surface area is 177 Å². The van der Waals surface area contributed by atoms with Crippen LogP contribution >= 0.6 is 0 Å². The van der Waals surface area contributed by atoms with Crippen LogP contribution < -0.4 is 9.64 Å². The van der Waals surface area contributed by atoms with Gasteiger partial charge in [-0.3, -0.25) is 9.78 Å². The van der Waals surface area contributed by atoms with Crippen LogP contribution in [0.4, 0.5) is 23.7 Å². The van der Waals surface area contributed by atoms with Gasteiger partial charge in [0.15, 0.2) is 0 Å². The van der Waals surface area contributed by atoms with E-state index in [1.165, 1.54) is 36.3 Å². The lowest BCUT2D eigenvalue weighted by Crippen LogP contribution is -2.32. The van der Waals surface area contributed by atoms with Crippen molar-refractivity contribution >= 4 is 17.6 Å². The van der Waals surface area contributed by atoms with E-state index in [2.05, 4.69) is 9.72 Å². The smallest absolute Gasteiger partial charge is 0.406 e. The third kappa shape index (κ3) is 4.98. The van der Waals surface area contributed by atoms with Gasteiger partial charge in [0, 0.05) is 24.4 Å². The van der Waals surface area contributed by atoms with Crippen molar-refractivity contribution in [3.8, 4) is 5.75 Å². The summed E-state index contributed by atoms with van der Waals surface area (Å²) in [6.07, 6.45) is 2.78. The number of carbonyl (C=O) groups excluding carboxylic acids is 2. The molecule has 6 nitrogen and oxygen atoms in total. The minimum absolute atomic E-state index is 0.0965. The van der Waals surface area contributed by atoms with E-state index in [1.807, 2.05) is 12.1 Å². The molecule has 4 rings (SSSR count). The summed E-state index contributed by atoms with van der Waals surface area (Å²) in [5, 5.41) is 0.